The number of fused-ring (bicyclic) bond motifs is 1. The van der Waals surface area contributed by atoms with E-state index in [0.717, 1.165) is 42.8 Å². The SMILES string of the molecule is COc1cccc(C=CC(=O)N2CCC(C(C(=O)O)N3CCC(c4c[nH]c5ccccc45)CC3)CC2)c1. The van der Waals surface area contributed by atoms with Gasteiger partial charge in [0.05, 0.1) is 7.11 Å². The van der Waals surface area contributed by atoms with Crippen molar-refractivity contribution in [3.05, 3.63) is 71.9 Å². The molecule has 1 unspecified atom stereocenters. The highest BCUT2D eigenvalue weighted by molar-refractivity contribution is 5.92. The van der Waals surface area contributed by atoms with Crippen LogP contribution in [0.2, 0.25) is 0 Å². The average Bonchev–Trinajstić information content (AvgIpc) is 3.37. The predicted molar refractivity (Wildman–Crippen MR) is 145 cm³/mol. The molecule has 1 aromatic heterocycles. The number of carbonyl (C=O) groups is 2. The number of piperidine rings is 2. The lowest BCUT2D eigenvalue weighted by atomic mass is 9.84. The van der Waals surface area contributed by atoms with Crippen LogP contribution in [0.25, 0.3) is 17.0 Å². The summed E-state index contributed by atoms with van der Waals surface area (Å²) in [5, 5.41) is 11.4. The number of rotatable bonds is 7. The van der Waals surface area contributed by atoms with Gasteiger partial charge in [-0.3, -0.25) is 14.5 Å². The molecular weight excluding hydrogens is 466 g/mol. The van der Waals surface area contributed by atoms with Crippen LogP contribution in [0, 0.1) is 5.92 Å². The highest BCUT2D eigenvalue weighted by atomic mass is 16.5. The maximum atomic E-state index is 12.8. The Labute approximate surface area is 217 Å². The van der Waals surface area contributed by atoms with Gasteiger partial charge in [0.15, 0.2) is 0 Å². The molecule has 2 aliphatic rings. The van der Waals surface area contributed by atoms with E-state index in [1.165, 1.54) is 10.9 Å². The number of para-hydroxylation sites is 1. The standard InChI is InChI=1S/C30H35N3O4/c1-37-24-6-4-5-21(19-24)9-10-28(34)32-15-13-23(14-16-32)29(30(35)36)33-17-11-22(12-18-33)26-20-31-27-8-3-2-7-25(26)27/h2-10,19-20,22-23,29,31H,11-18H2,1H3,(H,35,36). The first-order valence-corrected chi connectivity index (χ1v) is 13.2. The Morgan fingerprint density at radius 2 is 1.78 bits per heavy atom. The van der Waals surface area contributed by atoms with Crippen LogP contribution in [0.1, 0.15) is 42.7 Å². The second-order valence-corrected chi connectivity index (χ2v) is 10.2. The van der Waals surface area contributed by atoms with Crippen LogP contribution in [-0.2, 0) is 9.59 Å². The number of amides is 1. The van der Waals surface area contributed by atoms with Crippen LogP contribution in [0.15, 0.2) is 60.8 Å². The van der Waals surface area contributed by atoms with Crippen LogP contribution in [0.3, 0.4) is 0 Å². The summed E-state index contributed by atoms with van der Waals surface area (Å²) < 4.78 is 5.24. The fourth-order valence-electron chi connectivity index (χ4n) is 6.03. The fraction of sp³-hybridized carbons (Fsp3) is 0.400. The molecule has 3 heterocycles. The lowest BCUT2D eigenvalue weighted by Gasteiger charge is -2.41. The number of hydrogen-bond acceptors (Lipinski definition) is 4. The fourth-order valence-corrected chi connectivity index (χ4v) is 6.03. The highest BCUT2D eigenvalue weighted by Gasteiger charge is 2.38. The maximum absolute atomic E-state index is 12.8. The summed E-state index contributed by atoms with van der Waals surface area (Å²) in [6.45, 7) is 2.73. The second-order valence-electron chi connectivity index (χ2n) is 10.2. The molecule has 0 bridgehead atoms. The number of H-pyrrole nitrogens is 1. The van der Waals surface area contributed by atoms with Crippen molar-refractivity contribution in [3.63, 3.8) is 0 Å². The van der Waals surface area contributed by atoms with E-state index in [-0.39, 0.29) is 11.8 Å². The number of aromatic amines is 1. The molecule has 7 heteroatoms. The van der Waals surface area contributed by atoms with Crippen molar-refractivity contribution in [2.45, 2.75) is 37.6 Å². The van der Waals surface area contributed by atoms with E-state index in [4.69, 9.17) is 4.74 Å². The van der Waals surface area contributed by atoms with Crippen molar-refractivity contribution in [3.8, 4) is 5.75 Å². The molecule has 5 rings (SSSR count). The van der Waals surface area contributed by atoms with E-state index in [2.05, 4.69) is 34.3 Å². The summed E-state index contributed by atoms with van der Waals surface area (Å²) in [7, 11) is 1.62. The first-order valence-electron chi connectivity index (χ1n) is 13.2. The summed E-state index contributed by atoms with van der Waals surface area (Å²) in [6, 6.07) is 15.5. The Morgan fingerprint density at radius 3 is 2.51 bits per heavy atom. The molecule has 2 saturated heterocycles. The predicted octanol–water partition coefficient (Wildman–Crippen LogP) is 4.76. The molecule has 37 heavy (non-hydrogen) atoms. The number of carboxylic acids is 1. The molecule has 0 radical (unpaired) electrons. The number of nitrogens with one attached hydrogen (secondary N) is 1. The molecule has 2 aromatic carbocycles. The van der Waals surface area contributed by atoms with Gasteiger partial charge in [-0.15, -0.1) is 0 Å². The lowest BCUT2D eigenvalue weighted by molar-refractivity contribution is -0.147. The van der Waals surface area contributed by atoms with Gasteiger partial charge < -0.3 is 19.7 Å². The Bertz CT molecular complexity index is 1270. The molecule has 194 valence electrons. The van der Waals surface area contributed by atoms with E-state index >= 15 is 0 Å². The molecule has 0 saturated carbocycles. The van der Waals surface area contributed by atoms with Crippen LogP contribution >= 0.6 is 0 Å². The van der Waals surface area contributed by atoms with Crippen molar-refractivity contribution in [1.29, 1.82) is 0 Å². The van der Waals surface area contributed by atoms with Crippen molar-refractivity contribution in [1.82, 2.24) is 14.8 Å². The van der Waals surface area contributed by atoms with Crippen LogP contribution in [0.4, 0.5) is 0 Å². The minimum absolute atomic E-state index is 0.0345. The maximum Gasteiger partial charge on any atom is 0.321 e. The lowest BCUT2D eigenvalue weighted by Crippen LogP contribution is -2.52. The summed E-state index contributed by atoms with van der Waals surface area (Å²) in [5.74, 6) is 0.466. The summed E-state index contributed by atoms with van der Waals surface area (Å²) in [5.41, 5.74) is 3.41. The largest absolute Gasteiger partial charge is 0.497 e. The number of likely N-dealkylation sites (tertiary alicyclic amines) is 2. The van der Waals surface area contributed by atoms with Crippen molar-refractivity contribution >= 4 is 28.9 Å². The third kappa shape index (κ3) is 5.57. The molecule has 1 atom stereocenters. The van der Waals surface area contributed by atoms with E-state index in [1.54, 1.807) is 19.3 Å². The van der Waals surface area contributed by atoms with Crippen molar-refractivity contribution in [2.24, 2.45) is 5.92 Å². The first-order chi connectivity index (χ1) is 18.0. The Balaban J connectivity index is 1.16. The van der Waals surface area contributed by atoms with Gasteiger partial charge in [-0.1, -0.05) is 30.3 Å². The smallest absolute Gasteiger partial charge is 0.321 e. The average molecular weight is 502 g/mol. The first kappa shape index (κ1) is 25.1. The van der Waals surface area contributed by atoms with E-state index in [0.29, 0.717) is 31.8 Å². The zero-order chi connectivity index (χ0) is 25.8. The quantitative estimate of drug-likeness (QED) is 0.456. The number of aliphatic carboxylic acids is 1. The van der Waals surface area contributed by atoms with Crippen molar-refractivity contribution in [2.75, 3.05) is 33.3 Å². The monoisotopic (exact) mass is 501 g/mol. The van der Waals surface area contributed by atoms with E-state index in [1.807, 2.05) is 35.2 Å². The number of hydrogen-bond donors (Lipinski definition) is 2. The molecule has 2 aliphatic heterocycles. The summed E-state index contributed by atoms with van der Waals surface area (Å²) in [6.07, 6.45) is 8.84. The minimum Gasteiger partial charge on any atom is -0.497 e. The minimum atomic E-state index is -0.742. The van der Waals surface area contributed by atoms with E-state index < -0.39 is 12.0 Å². The van der Waals surface area contributed by atoms with Crippen LogP contribution < -0.4 is 4.74 Å². The number of ether oxygens (including phenoxy) is 1. The molecule has 0 spiro atoms. The molecule has 2 N–H and O–H groups in total. The number of carbonyl (C=O) groups excluding carboxylic acids is 1. The molecule has 2 fully saturated rings. The van der Waals surface area contributed by atoms with Gasteiger partial charge in [0.25, 0.3) is 0 Å². The Morgan fingerprint density at radius 1 is 1.03 bits per heavy atom. The Hall–Kier alpha value is -3.58. The normalized spacial score (nSPS) is 18.9. The number of methoxy groups -OCH3 is 1. The molecule has 1 amide bonds. The topological polar surface area (TPSA) is 85.9 Å². The van der Waals surface area contributed by atoms with Gasteiger partial charge in [-0.05, 0) is 86.0 Å². The van der Waals surface area contributed by atoms with Crippen molar-refractivity contribution < 1.29 is 19.4 Å². The number of nitrogens with zero attached hydrogens (tertiary/aromatic N) is 2. The van der Waals surface area contributed by atoms with Gasteiger partial charge in [0.1, 0.15) is 11.8 Å². The number of carboxylic acid groups (broad SMARTS) is 1. The van der Waals surface area contributed by atoms with Gasteiger partial charge in [0, 0.05) is 36.3 Å². The number of aromatic nitrogens is 1. The van der Waals surface area contributed by atoms with Gasteiger partial charge in [0.2, 0.25) is 5.91 Å². The second kappa shape index (κ2) is 11.2. The van der Waals surface area contributed by atoms with Gasteiger partial charge >= 0.3 is 5.97 Å². The molecule has 7 nitrogen and oxygen atoms in total. The Kier molecular flexibility index (Phi) is 7.60. The third-order valence-electron chi connectivity index (χ3n) is 8.05. The zero-order valence-corrected chi connectivity index (χ0v) is 21.3. The molecule has 3 aromatic rings. The van der Waals surface area contributed by atoms with E-state index in [9.17, 15) is 14.7 Å². The summed E-state index contributed by atoms with van der Waals surface area (Å²) >= 11 is 0. The zero-order valence-electron chi connectivity index (χ0n) is 21.3. The van der Waals surface area contributed by atoms with Crippen LogP contribution in [-0.4, -0.2) is 71.1 Å². The summed E-state index contributed by atoms with van der Waals surface area (Å²) in [4.78, 5) is 32.5. The molecule has 0 aliphatic carbocycles. The van der Waals surface area contributed by atoms with Gasteiger partial charge in [-0.25, -0.2) is 0 Å². The number of benzene rings is 2. The van der Waals surface area contributed by atoms with Gasteiger partial charge in [-0.2, -0.15) is 0 Å². The highest BCUT2D eigenvalue weighted by Crippen LogP contribution is 2.35. The molecular formula is C30H35N3O4. The van der Waals surface area contributed by atoms with Crippen LogP contribution in [0.5, 0.6) is 5.75 Å². The third-order valence-corrected chi connectivity index (χ3v) is 8.05.